The van der Waals surface area contributed by atoms with Crippen LogP contribution in [0.1, 0.15) is 0 Å². The first-order valence-electron chi connectivity index (χ1n) is 6.83. The molecule has 0 spiro atoms. The number of fused-ring (bicyclic) bond motifs is 1. The molecule has 0 aliphatic rings. The highest BCUT2D eigenvalue weighted by Gasteiger charge is 2.19. The molecule has 0 saturated carbocycles. The third kappa shape index (κ3) is 2.82. The number of benzene rings is 1. The van der Waals surface area contributed by atoms with Gasteiger partial charge in [0.25, 0.3) is 10.0 Å². The van der Waals surface area contributed by atoms with E-state index in [1.54, 1.807) is 18.2 Å². The summed E-state index contributed by atoms with van der Waals surface area (Å²) in [6.07, 6.45) is 3.79. The lowest BCUT2D eigenvalue weighted by Crippen LogP contribution is -2.12. The van der Waals surface area contributed by atoms with E-state index in [0.717, 1.165) is 21.9 Å². The van der Waals surface area contributed by atoms with Crippen molar-refractivity contribution in [3.8, 4) is 11.3 Å². The number of thiophene rings is 1. The molecule has 122 valence electrons. The van der Waals surface area contributed by atoms with Gasteiger partial charge in [-0.05, 0) is 18.2 Å². The fraction of sp³-hybridized carbons (Fsp3) is 0. The smallest absolute Gasteiger partial charge is 0.271 e. The fourth-order valence-corrected chi connectivity index (χ4v) is 5.55. The number of sulfonamides is 1. The maximum Gasteiger partial charge on any atom is 0.271 e. The maximum absolute atomic E-state index is 12.5. The number of thiazole rings is 1. The van der Waals surface area contributed by atoms with Crippen LogP contribution in [0.5, 0.6) is 0 Å². The number of halogens is 1. The van der Waals surface area contributed by atoms with Crippen molar-refractivity contribution >= 4 is 54.9 Å². The van der Waals surface area contributed by atoms with E-state index in [2.05, 4.69) is 9.71 Å². The lowest BCUT2D eigenvalue weighted by Gasteiger charge is -2.10. The van der Waals surface area contributed by atoms with Crippen LogP contribution in [0, 0.1) is 0 Å². The second-order valence-electron chi connectivity index (χ2n) is 4.93. The molecular weight excluding hydrogens is 386 g/mol. The molecule has 1 N–H and O–H groups in total. The van der Waals surface area contributed by atoms with Crippen LogP contribution in [-0.2, 0) is 10.0 Å². The molecule has 3 aromatic heterocycles. The standard InChI is InChI=1S/C15H10ClN3O2S3/c16-13-5-6-14(23-13)24(20,21)18-11-4-2-1-3-10(11)12-9-19-7-8-22-15(19)17-12/h1-9,18H. The first kappa shape index (κ1) is 15.6. The average Bonchev–Trinajstić information content (AvgIpc) is 3.22. The molecule has 24 heavy (non-hydrogen) atoms. The Morgan fingerprint density at radius 2 is 2.00 bits per heavy atom. The topological polar surface area (TPSA) is 63.5 Å². The number of nitrogens with one attached hydrogen (secondary N) is 1. The molecule has 4 aromatic rings. The highest BCUT2D eigenvalue weighted by atomic mass is 35.5. The number of aromatic nitrogens is 2. The Hall–Kier alpha value is -1.87. The molecule has 0 unspecified atom stereocenters. The number of rotatable bonds is 4. The van der Waals surface area contributed by atoms with Crippen molar-refractivity contribution in [3.63, 3.8) is 0 Å². The molecule has 0 radical (unpaired) electrons. The molecule has 1 aromatic carbocycles. The van der Waals surface area contributed by atoms with Crippen molar-refractivity contribution < 1.29 is 8.42 Å². The highest BCUT2D eigenvalue weighted by molar-refractivity contribution is 7.94. The predicted molar refractivity (Wildman–Crippen MR) is 98.6 cm³/mol. The average molecular weight is 396 g/mol. The lowest BCUT2D eigenvalue weighted by atomic mass is 10.1. The van der Waals surface area contributed by atoms with Crippen molar-refractivity contribution in [2.24, 2.45) is 0 Å². The van der Waals surface area contributed by atoms with Gasteiger partial charge in [-0.15, -0.1) is 22.7 Å². The van der Waals surface area contributed by atoms with E-state index >= 15 is 0 Å². The fourth-order valence-electron chi connectivity index (χ4n) is 2.29. The summed E-state index contributed by atoms with van der Waals surface area (Å²) in [5.74, 6) is 0. The number of nitrogens with zero attached hydrogens (tertiary/aromatic N) is 2. The summed E-state index contributed by atoms with van der Waals surface area (Å²) in [5.41, 5.74) is 1.91. The third-order valence-corrected chi connectivity index (χ3v) is 7.21. The number of hydrogen-bond acceptors (Lipinski definition) is 5. The Morgan fingerprint density at radius 1 is 1.17 bits per heavy atom. The van der Waals surface area contributed by atoms with Gasteiger partial charge in [0.2, 0.25) is 0 Å². The zero-order chi connectivity index (χ0) is 16.7. The molecule has 0 atom stereocenters. The minimum absolute atomic E-state index is 0.174. The number of para-hydroxylation sites is 1. The number of imidazole rings is 1. The third-order valence-electron chi connectivity index (χ3n) is 3.35. The van der Waals surface area contributed by atoms with Crippen molar-refractivity contribution in [1.29, 1.82) is 0 Å². The van der Waals surface area contributed by atoms with Crippen molar-refractivity contribution in [2.45, 2.75) is 4.21 Å². The van der Waals surface area contributed by atoms with Gasteiger partial charge >= 0.3 is 0 Å². The first-order chi connectivity index (χ1) is 11.5. The minimum Gasteiger partial charge on any atom is -0.297 e. The van der Waals surface area contributed by atoms with Gasteiger partial charge in [0, 0.05) is 23.3 Å². The number of hydrogen-bond donors (Lipinski definition) is 1. The van der Waals surface area contributed by atoms with Gasteiger partial charge in [-0.2, -0.15) is 0 Å². The summed E-state index contributed by atoms with van der Waals surface area (Å²) in [4.78, 5) is 5.39. The Balaban J connectivity index is 1.75. The van der Waals surface area contributed by atoms with Crippen LogP contribution in [-0.4, -0.2) is 17.8 Å². The normalized spacial score (nSPS) is 11.9. The van der Waals surface area contributed by atoms with Crippen LogP contribution in [0.2, 0.25) is 4.34 Å². The molecular formula is C15H10ClN3O2S3. The van der Waals surface area contributed by atoms with Crippen LogP contribution in [0.4, 0.5) is 5.69 Å². The lowest BCUT2D eigenvalue weighted by molar-refractivity contribution is 0.603. The largest absolute Gasteiger partial charge is 0.297 e. The summed E-state index contributed by atoms with van der Waals surface area (Å²) in [5, 5.41) is 1.95. The van der Waals surface area contributed by atoms with Crippen molar-refractivity contribution in [2.75, 3.05) is 4.72 Å². The summed E-state index contributed by atoms with van der Waals surface area (Å²) in [6.45, 7) is 0. The molecule has 0 bridgehead atoms. The van der Waals surface area contributed by atoms with E-state index < -0.39 is 10.0 Å². The molecule has 0 aliphatic heterocycles. The van der Waals surface area contributed by atoms with Crippen LogP contribution in [0.3, 0.4) is 0 Å². The first-order valence-corrected chi connectivity index (χ1v) is 10.4. The molecule has 3 heterocycles. The van der Waals surface area contributed by atoms with Crippen molar-refractivity contribution in [3.05, 3.63) is 58.5 Å². The Bertz CT molecular complexity index is 1100. The molecule has 0 amide bonds. The van der Waals surface area contributed by atoms with E-state index in [4.69, 9.17) is 11.6 Å². The highest BCUT2D eigenvalue weighted by Crippen LogP contribution is 2.32. The van der Waals surface area contributed by atoms with Crippen LogP contribution in [0.25, 0.3) is 16.2 Å². The summed E-state index contributed by atoms with van der Waals surface area (Å²) in [6, 6.07) is 10.2. The van der Waals surface area contributed by atoms with Gasteiger partial charge in [-0.1, -0.05) is 29.8 Å². The van der Waals surface area contributed by atoms with Gasteiger partial charge in [0.05, 0.1) is 15.7 Å². The second-order valence-corrected chi connectivity index (χ2v) is 9.43. The van der Waals surface area contributed by atoms with Crippen LogP contribution < -0.4 is 4.72 Å². The molecule has 5 nitrogen and oxygen atoms in total. The molecule has 9 heteroatoms. The summed E-state index contributed by atoms with van der Waals surface area (Å²) >= 11 is 8.38. The second kappa shape index (κ2) is 5.89. The van der Waals surface area contributed by atoms with Gasteiger partial charge in [-0.3, -0.25) is 9.12 Å². The Morgan fingerprint density at radius 3 is 2.75 bits per heavy atom. The monoisotopic (exact) mass is 395 g/mol. The predicted octanol–water partition coefficient (Wildman–Crippen LogP) is 4.58. The molecule has 0 saturated heterocycles. The number of anilines is 1. The van der Waals surface area contributed by atoms with Crippen LogP contribution >= 0.6 is 34.3 Å². The SMILES string of the molecule is O=S(=O)(Nc1ccccc1-c1cn2ccsc2n1)c1ccc(Cl)s1. The zero-order valence-corrected chi connectivity index (χ0v) is 15.2. The van der Waals surface area contributed by atoms with Gasteiger partial charge in [0.1, 0.15) is 4.21 Å². The molecule has 4 rings (SSSR count). The van der Waals surface area contributed by atoms with Gasteiger partial charge < -0.3 is 0 Å². The summed E-state index contributed by atoms with van der Waals surface area (Å²) < 4.78 is 30.2. The van der Waals surface area contributed by atoms with Crippen molar-refractivity contribution in [1.82, 2.24) is 9.38 Å². The maximum atomic E-state index is 12.5. The van der Waals surface area contributed by atoms with E-state index in [-0.39, 0.29) is 4.21 Å². The van der Waals surface area contributed by atoms with Gasteiger partial charge in [0.15, 0.2) is 4.96 Å². The van der Waals surface area contributed by atoms with E-state index in [1.165, 1.54) is 17.4 Å². The van der Waals surface area contributed by atoms with Gasteiger partial charge in [-0.25, -0.2) is 13.4 Å². The van der Waals surface area contributed by atoms with Crippen LogP contribution in [0.15, 0.2) is 58.4 Å². The molecule has 0 fully saturated rings. The van der Waals surface area contributed by atoms with E-state index in [0.29, 0.717) is 15.7 Å². The Labute approximate surface area is 151 Å². The summed E-state index contributed by atoms with van der Waals surface area (Å²) in [7, 11) is -3.69. The van der Waals surface area contributed by atoms with E-state index in [1.807, 2.05) is 34.3 Å². The van der Waals surface area contributed by atoms with E-state index in [9.17, 15) is 8.42 Å². The molecule has 0 aliphatic carbocycles. The quantitative estimate of drug-likeness (QED) is 0.550. The minimum atomic E-state index is -3.69. The zero-order valence-electron chi connectivity index (χ0n) is 12.0. The Kier molecular flexibility index (Phi) is 3.84.